The summed E-state index contributed by atoms with van der Waals surface area (Å²) < 4.78 is 1.45. The summed E-state index contributed by atoms with van der Waals surface area (Å²) in [5, 5.41) is 15.3. The molecule has 2 aromatic heterocycles. The van der Waals surface area contributed by atoms with Gasteiger partial charge in [-0.25, -0.2) is 4.98 Å². The van der Waals surface area contributed by atoms with Gasteiger partial charge in [0, 0.05) is 29.8 Å². The Morgan fingerprint density at radius 1 is 1.43 bits per heavy atom. The number of non-ortho nitro benzene ring substituents is 1. The van der Waals surface area contributed by atoms with Crippen molar-refractivity contribution in [1.29, 1.82) is 0 Å². The van der Waals surface area contributed by atoms with E-state index in [1.807, 2.05) is 13.0 Å². The van der Waals surface area contributed by atoms with E-state index in [0.29, 0.717) is 17.4 Å². The highest BCUT2D eigenvalue weighted by molar-refractivity contribution is 6.30. The first-order valence-electron chi connectivity index (χ1n) is 6.14. The van der Waals surface area contributed by atoms with Gasteiger partial charge in [-0.2, -0.15) is 14.6 Å². The van der Waals surface area contributed by atoms with Crippen molar-refractivity contribution < 1.29 is 4.92 Å². The zero-order valence-electron chi connectivity index (χ0n) is 11.0. The normalized spacial score (nSPS) is 11.0. The standard InChI is InChI=1S/C13H10ClN5O2/c1-8-11(12(14)18-13(17-8)15-7-16-18)6-9-3-2-4-10(5-9)19(20)21/h2-5,7H,6H2,1H3. The van der Waals surface area contributed by atoms with Gasteiger partial charge < -0.3 is 0 Å². The van der Waals surface area contributed by atoms with Crippen molar-refractivity contribution in [3.8, 4) is 0 Å². The number of fused-ring (bicyclic) bond motifs is 1. The first-order chi connectivity index (χ1) is 10.1. The van der Waals surface area contributed by atoms with Crippen molar-refractivity contribution in [3.05, 3.63) is 62.7 Å². The number of hydrogen-bond acceptors (Lipinski definition) is 5. The molecule has 3 rings (SSSR count). The zero-order valence-corrected chi connectivity index (χ0v) is 11.8. The zero-order chi connectivity index (χ0) is 15.0. The second-order valence-corrected chi connectivity index (χ2v) is 4.90. The van der Waals surface area contributed by atoms with Crippen LogP contribution in [-0.4, -0.2) is 24.5 Å². The number of nitro benzene ring substituents is 1. The minimum absolute atomic E-state index is 0.0519. The molecule has 0 aliphatic heterocycles. The fraction of sp³-hybridized carbons (Fsp3) is 0.154. The van der Waals surface area contributed by atoms with E-state index in [0.717, 1.165) is 16.8 Å². The van der Waals surface area contributed by atoms with Crippen LogP contribution < -0.4 is 0 Å². The third kappa shape index (κ3) is 2.43. The molecular weight excluding hydrogens is 294 g/mol. The van der Waals surface area contributed by atoms with Crippen molar-refractivity contribution in [1.82, 2.24) is 19.6 Å². The molecule has 0 bridgehead atoms. The van der Waals surface area contributed by atoms with E-state index in [9.17, 15) is 10.1 Å². The van der Waals surface area contributed by atoms with Gasteiger partial charge in [0.25, 0.3) is 11.5 Å². The van der Waals surface area contributed by atoms with Gasteiger partial charge in [0.15, 0.2) is 0 Å². The van der Waals surface area contributed by atoms with E-state index in [1.54, 1.807) is 6.07 Å². The van der Waals surface area contributed by atoms with Crippen LogP contribution in [0.5, 0.6) is 0 Å². The number of nitro groups is 1. The monoisotopic (exact) mass is 303 g/mol. The molecule has 0 saturated carbocycles. The number of hydrogen-bond donors (Lipinski definition) is 0. The molecule has 0 atom stereocenters. The molecule has 8 heteroatoms. The summed E-state index contributed by atoms with van der Waals surface area (Å²) in [4.78, 5) is 18.7. The number of nitrogens with zero attached hydrogens (tertiary/aromatic N) is 5. The number of halogens is 1. The van der Waals surface area contributed by atoms with Crippen LogP contribution in [0, 0.1) is 17.0 Å². The number of rotatable bonds is 3. The molecule has 1 aromatic carbocycles. The molecule has 0 unspecified atom stereocenters. The maximum atomic E-state index is 10.8. The lowest BCUT2D eigenvalue weighted by atomic mass is 10.0. The summed E-state index contributed by atoms with van der Waals surface area (Å²) in [6, 6.07) is 6.45. The number of benzene rings is 1. The molecule has 0 fully saturated rings. The van der Waals surface area contributed by atoms with E-state index in [2.05, 4.69) is 15.1 Å². The van der Waals surface area contributed by atoms with Crippen molar-refractivity contribution in [2.45, 2.75) is 13.3 Å². The van der Waals surface area contributed by atoms with E-state index < -0.39 is 4.92 Å². The van der Waals surface area contributed by atoms with E-state index in [4.69, 9.17) is 11.6 Å². The highest BCUT2D eigenvalue weighted by atomic mass is 35.5. The van der Waals surface area contributed by atoms with E-state index in [-0.39, 0.29) is 5.69 Å². The van der Waals surface area contributed by atoms with Crippen molar-refractivity contribution in [2.75, 3.05) is 0 Å². The summed E-state index contributed by atoms with van der Waals surface area (Å²) in [6.07, 6.45) is 1.82. The Bertz CT molecular complexity index is 846. The minimum Gasteiger partial charge on any atom is -0.258 e. The predicted octanol–water partition coefficient (Wildman–Crippen LogP) is 2.59. The Labute approximate surface area is 124 Å². The van der Waals surface area contributed by atoms with Gasteiger partial charge in [-0.15, -0.1) is 0 Å². The third-order valence-corrected chi connectivity index (χ3v) is 3.56. The Morgan fingerprint density at radius 2 is 2.24 bits per heavy atom. The van der Waals surface area contributed by atoms with Gasteiger partial charge in [0.05, 0.1) is 4.92 Å². The minimum atomic E-state index is -0.420. The van der Waals surface area contributed by atoms with Crippen molar-refractivity contribution in [3.63, 3.8) is 0 Å². The maximum Gasteiger partial charge on any atom is 0.269 e. The highest BCUT2D eigenvalue weighted by Gasteiger charge is 2.14. The highest BCUT2D eigenvalue weighted by Crippen LogP contribution is 2.23. The van der Waals surface area contributed by atoms with Crippen molar-refractivity contribution in [2.24, 2.45) is 0 Å². The van der Waals surface area contributed by atoms with Crippen LogP contribution in [0.25, 0.3) is 5.78 Å². The quantitative estimate of drug-likeness (QED) is 0.421. The molecular formula is C13H10ClN5O2. The lowest BCUT2D eigenvalue weighted by Gasteiger charge is -2.08. The van der Waals surface area contributed by atoms with Gasteiger partial charge >= 0.3 is 0 Å². The van der Waals surface area contributed by atoms with Gasteiger partial charge in [-0.3, -0.25) is 10.1 Å². The lowest BCUT2D eigenvalue weighted by Crippen LogP contribution is -2.03. The molecule has 0 radical (unpaired) electrons. The average Bonchev–Trinajstić information content (AvgIpc) is 2.92. The van der Waals surface area contributed by atoms with Crippen LogP contribution in [-0.2, 0) is 6.42 Å². The Balaban J connectivity index is 2.05. The molecule has 21 heavy (non-hydrogen) atoms. The average molecular weight is 304 g/mol. The van der Waals surface area contributed by atoms with Crippen LogP contribution in [0.3, 0.4) is 0 Å². The number of aromatic nitrogens is 4. The molecule has 2 heterocycles. The molecule has 0 aliphatic carbocycles. The van der Waals surface area contributed by atoms with E-state index in [1.165, 1.54) is 23.0 Å². The van der Waals surface area contributed by atoms with Crippen LogP contribution in [0.15, 0.2) is 30.6 Å². The van der Waals surface area contributed by atoms with E-state index >= 15 is 0 Å². The first-order valence-corrected chi connectivity index (χ1v) is 6.52. The molecule has 0 amide bonds. The summed E-state index contributed by atoms with van der Waals surface area (Å²) in [7, 11) is 0. The topological polar surface area (TPSA) is 86.2 Å². The Kier molecular flexibility index (Phi) is 3.26. The lowest BCUT2D eigenvalue weighted by molar-refractivity contribution is -0.384. The van der Waals surface area contributed by atoms with Gasteiger partial charge in [-0.1, -0.05) is 23.7 Å². The molecule has 7 nitrogen and oxygen atoms in total. The summed E-state index contributed by atoms with van der Waals surface area (Å²) in [5.74, 6) is 0.431. The van der Waals surface area contributed by atoms with Crippen LogP contribution >= 0.6 is 11.6 Å². The van der Waals surface area contributed by atoms with Gasteiger partial charge in [0.2, 0.25) is 0 Å². The first kappa shape index (κ1) is 13.4. The van der Waals surface area contributed by atoms with Crippen molar-refractivity contribution >= 4 is 23.1 Å². The molecule has 0 aliphatic rings. The predicted molar refractivity (Wildman–Crippen MR) is 76.4 cm³/mol. The Hall–Kier alpha value is -2.54. The summed E-state index contributed by atoms with van der Waals surface area (Å²) in [5.41, 5.74) is 2.34. The Morgan fingerprint density at radius 3 is 3.00 bits per heavy atom. The molecule has 3 aromatic rings. The SMILES string of the molecule is Cc1nc2ncnn2c(Cl)c1Cc1cccc([N+](=O)[O-])c1. The fourth-order valence-corrected chi connectivity index (χ4v) is 2.45. The second-order valence-electron chi connectivity index (χ2n) is 4.54. The molecule has 0 N–H and O–H groups in total. The van der Waals surface area contributed by atoms with Crippen LogP contribution in [0.2, 0.25) is 5.15 Å². The molecule has 0 saturated heterocycles. The van der Waals surface area contributed by atoms with Gasteiger partial charge in [0.1, 0.15) is 11.5 Å². The van der Waals surface area contributed by atoms with Crippen LogP contribution in [0.4, 0.5) is 5.69 Å². The largest absolute Gasteiger partial charge is 0.269 e. The second kappa shape index (κ2) is 5.10. The number of aryl methyl sites for hydroxylation is 1. The van der Waals surface area contributed by atoms with Gasteiger partial charge in [-0.05, 0) is 12.5 Å². The summed E-state index contributed by atoms with van der Waals surface area (Å²) in [6.45, 7) is 1.83. The smallest absolute Gasteiger partial charge is 0.258 e. The maximum absolute atomic E-state index is 10.8. The molecule has 106 valence electrons. The molecule has 0 spiro atoms. The van der Waals surface area contributed by atoms with Crippen LogP contribution in [0.1, 0.15) is 16.8 Å². The third-order valence-electron chi connectivity index (χ3n) is 3.17. The fourth-order valence-electron chi connectivity index (χ4n) is 2.13. The summed E-state index contributed by atoms with van der Waals surface area (Å²) >= 11 is 6.33.